The van der Waals surface area contributed by atoms with Crippen molar-refractivity contribution >= 4 is 48.9 Å². The molecule has 1 aromatic heterocycles. The van der Waals surface area contributed by atoms with Gasteiger partial charge in [-0.1, -0.05) is 12.1 Å². The van der Waals surface area contributed by atoms with Gasteiger partial charge in [-0.3, -0.25) is 19.2 Å². The molecule has 0 bridgehead atoms. The molecule has 1 aliphatic carbocycles. The van der Waals surface area contributed by atoms with Crippen molar-refractivity contribution < 1.29 is 44.1 Å². The molecule has 4 rings (SSSR count). The van der Waals surface area contributed by atoms with Crippen LogP contribution in [-0.2, 0) is 32.2 Å². The first-order chi connectivity index (χ1) is 25.1. The Morgan fingerprint density at radius 2 is 1.64 bits per heavy atom. The van der Waals surface area contributed by atoms with Crippen molar-refractivity contribution in [2.45, 2.75) is 94.6 Å². The average molecular weight is 748 g/mol. The van der Waals surface area contributed by atoms with Gasteiger partial charge in [-0.25, -0.2) is 14.6 Å². The summed E-state index contributed by atoms with van der Waals surface area (Å²) < 4.78 is 0. The fraction of sp³-hybridized carbons (Fsp3) is 0.432. The second kappa shape index (κ2) is 17.9. The highest BCUT2D eigenvalue weighted by Crippen LogP contribution is 2.45. The Morgan fingerprint density at radius 1 is 1.00 bits per heavy atom. The molecule has 1 aliphatic rings. The summed E-state index contributed by atoms with van der Waals surface area (Å²) in [5.74, 6) is -1.86. The van der Waals surface area contributed by atoms with Crippen molar-refractivity contribution in [3.05, 3.63) is 74.8 Å². The van der Waals surface area contributed by atoms with Crippen LogP contribution in [0.4, 0.5) is 0 Å². The van der Waals surface area contributed by atoms with Gasteiger partial charge in [0.15, 0.2) is 8.32 Å². The first-order valence-corrected chi connectivity index (χ1v) is 20.5. The number of terminal acetylenes is 1. The lowest BCUT2D eigenvalue weighted by Crippen LogP contribution is -2.44. The number of amides is 3. The topological polar surface area (TPSA) is 248 Å². The highest BCUT2D eigenvalue weighted by molar-refractivity contribution is 6.69. The predicted octanol–water partition coefficient (Wildman–Crippen LogP) is 1.88. The molecule has 0 fully saturated rings. The first kappa shape index (κ1) is 40.4. The van der Waals surface area contributed by atoms with Gasteiger partial charge in [0.05, 0.1) is 10.9 Å². The van der Waals surface area contributed by atoms with Crippen LogP contribution in [0, 0.1) is 12.3 Å². The van der Waals surface area contributed by atoms with Crippen LogP contribution in [0.2, 0.25) is 19.1 Å². The quantitative estimate of drug-likeness (QED) is 0.0689. The van der Waals surface area contributed by atoms with Gasteiger partial charge in [-0.2, -0.15) is 0 Å². The monoisotopic (exact) mass is 747 g/mol. The standard InChI is InChI=1S/C37H45N5O10Si/c1-4-5-24(25-11-10-23-18-30-27(19-26(23)25)35(47)42-31(20-43)39-30)21-6-8-22(9-7-21)34(46)41-29(37(50)51)13-15-33(45)40-28(36(48)49)12-14-32(44)38-16-17-53(2,3)52/h1,6-9,18-19,24-25,28-29,43,52H,5,10-17,20H2,2-3H3,(H,38,44)(H,40,45)(H,41,46)(H,48,49)(H,50,51)(H,39,42,47)/t24?,25-,28-,29+/m1/s1. The number of aliphatic carboxylic acids is 2. The van der Waals surface area contributed by atoms with Crippen LogP contribution in [0.15, 0.2) is 41.2 Å². The molecule has 1 unspecified atom stereocenters. The molecular weight excluding hydrogens is 703 g/mol. The van der Waals surface area contributed by atoms with E-state index in [4.69, 9.17) is 6.42 Å². The number of fused-ring (bicyclic) bond motifs is 2. The average Bonchev–Trinajstić information content (AvgIpc) is 3.51. The van der Waals surface area contributed by atoms with Crippen LogP contribution < -0.4 is 21.5 Å². The number of aromatic nitrogens is 2. The van der Waals surface area contributed by atoms with Crippen molar-refractivity contribution in [2.75, 3.05) is 6.54 Å². The number of H-pyrrole nitrogens is 1. The normalized spacial score (nSPS) is 15.4. The maximum atomic E-state index is 13.1. The molecule has 0 spiro atoms. The van der Waals surface area contributed by atoms with E-state index in [1.807, 2.05) is 12.1 Å². The third-order valence-electron chi connectivity index (χ3n) is 9.33. The van der Waals surface area contributed by atoms with E-state index < -0.39 is 56.5 Å². The van der Waals surface area contributed by atoms with Crippen molar-refractivity contribution in [1.82, 2.24) is 25.9 Å². The Balaban J connectivity index is 1.36. The number of rotatable bonds is 18. The van der Waals surface area contributed by atoms with E-state index in [-0.39, 0.29) is 61.2 Å². The lowest BCUT2D eigenvalue weighted by Gasteiger charge is -2.24. The molecule has 8 N–H and O–H groups in total. The molecule has 3 amide bonds. The maximum absolute atomic E-state index is 13.1. The van der Waals surface area contributed by atoms with E-state index >= 15 is 0 Å². The summed E-state index contributed by atoms with van der Waals surface area (Å²) in [7, 11) is -2.35. The molecule has 0 saturated heterocycles. The fourth-order valence-electron chi connectivity index (χ4n) is 6.49. The van der Waals surface area contributed by atoms with Crippen molar-refractivity contribution in [1.29, 1.82) is 0 Å². The molecule has 1 heterocycles. The second-order valence-electron chi connectivity index (χ2n) is 13.8. The molecule has 0 saturated carbocycles. The summed E-state index contributed by atoms with van der Waals surface area (Å²) in [6.45, 7) is 3.32. The number of nitrogens with one attached hydrogen (secondary N) is 4. The minimum absolute atomic E-state index is 0.0201. The Kier molecular flexibility index (Phi) is 13.6. The Morgan fingerprint density at radius 3 is 2.25 bits per heavy atom. The summed E-state index contributed by atoms with van der Waals surface area (Å²) in [6.07, 6.45) is 6.57. The van der Waals surface area contributed by atoms with Gasteiger partial charge in [-0.15, -0.1) is 12.3 Å². The summed E-state index contributed by atoms with van der Waals surface area (Å²) in [4.78, 5) is 90.9. The van der Waals surface area contributed by atoms with E-state index in [1.165, 1.54) is 0 Å². The molecule has 3 aromatic rings. The van der Waals surface area contributed by atoms with Crippen LogP contribution in [-0.4, -0.2) is 86.7 Å². The van der Waals surface area contributed by atoms with Gasteiger partial charge in [-0.05, 0) is 91.7 Å². The molecule has 15 nitrogen and oxygen atoms in total. The van der Waals surface area contributed by atoms with E-state index in [0.29, 0.717) is 23.4 Å². The Labute approximate surface area is 306 Å². The van der Waals surface area contributed by atoms with Crippen LogP contribution in [0.1, 0.15) is 83.2 Å². The van der Waals surface area contributed by atoms with E-state index in [1.54, 1.807) is 37.4 Å². The minimum atomic E-state index is -2.35. The number of carbonyl (C=O) groups is 5. The molecular formula is C37H45N5O10Si. The number of carboxylic acid groups (broad SMARTS) is 2. The molecule has 4 atom stereocenters. The smallest absolute Gasteiger partial charge is 0.326 e. The largest absolute Gasteiger partial charge is 0.480 e. The number of aryl methyl sites for hydroxylation is 1. The van der Waals surface area contributed by atoms with Crippen LogP contribution >= 0.6 is 0 Å². The van der Waals surface area contributed by atoms with Gasteiger partial charge in [0.2, 0.25) is 11.8 Å². The second-order valence-corrected chi connectivity index (χ2v) is 18.0. The zero-order valence-corrected chi connectivity index (χ0v) is 30.6. The predicted molar refractivity (Wildman–Crippen MR) is 196 cm³/mol. The van der Waals surface area contributed by atoms with E-state index in [9.17, 15) is 48.9 Å². The van der Waals surface area contributed by atoms with Crippen LogP contribution in [0.3, 0.4) is 0 Å². The number of carbonyl (C=O) groups excluding carboxylic acids is 3. The summed E-state index contributed by atoms with van der Waals surface area (Å²) in [5.41, 5.74) is 3.21. The lowest BCUT2D eigenvalue weighted by molar-refractivity contribution is -0.143. The summed E-state index contributed by atoms with van der Waals surface area (Å²) >= 11 is 0. The van der Waals surface area contributed by atoms with Gasteiger partial charge in [0.25, 0.3) is 11.5 Å². The van der Waals surface area contributed by atoms with Crippen molar-refractivity contribution in [3.63, 3.8) is 0 Å². The first-order valence-electron chi connectivity index (χ1n) is 17.3. The van der Waals surface area contributed by atoms with Gasteiger partial charge < -0.3 is 41.0 Å². The number of aliphatic hydroxyl groups excluding tert-OH is 1. The number of hydrogen-bond acceptors (Lipinski definition) is 9. The van der Waals surface area contributed by atoms with Crippen molar-refractivity contribution in [2.24, 2.45) is 0 Å². The highest BCUT2D eigenvalue weighted by atomic mass is 28.4. The zero-order valence-electron chi connectivity index (χ0n) is 29.6. The van der Waals surface area contributed by atoms with Gasteiger partial charge >= 0.3 is 11.9 Å². The number of carboxylic acids is 2. The molecule has 0 aliphatic heterocycles. The maximum Gasteiger partial charge on any atom is 0.326 e. The van der Waals surface area contributed by atoms with E-state index in [0.717, 1.165) is 29.5 Å². The third kappa shape index (κ3) is 11.1. The van der Waals surface area contributed by atoms with Crippen molar-refractivity contribution in [3.8, 4) is 12.3 Å². The Bertz CT molecular complexity index is 1950. The number of hydrogen-bond donors (Lipinski definition) is 8. The van der Waals surface area contributed by atoms with Gasteiger partial charge in [0.1, 0.15) is 24.5 Å². The summed E-state index contributed by atoms with van der Waals surface area (Å²) in [5, 5.41) is 36.5. The molecule has 0 radical (unpaired) electrons. The number of aliphatic hydroxyl groups is 1. The molecule has 16 heteroatoms. The van der Waals surface area contributed by atoms with E-state index in [2.05, 4.69) is 31.8 Å². The third-order valence-corrected chi connectivity index (χ3v) is 10.8. The number of nitrogens with zero attached hydrogens (tertiary/aromatic N) is 1. The van der Waals surface area contributed by atoms with Crippen LogP contribution in [0.5, 0.6) is 0 Å². The van der Waals surface area contributed by atoms with Crippen LogP contribution in [0.25, 0.3) is 10.9 Å². The fourth-order valence-corrected chi connectivity index (χ4v) is 7.22. The SMILES string of the molecule is C#CCC(c1ccc(C(=O)N[C@@H](CCC(=O)N[C@H](CCC(=O)NCC[Si](C)(C)O)C(=O)O)C(=O)O)cc1)[C@H]1CCc2cc3nc(CO)[nH]c(=O)c3cc21. The molecule has 282 valence electrons. The molecule has 2 aromatic carbocycles. The summed E-state index contributed by atoms with van der Waals surface area (Å²) in [6, 6.07) is 7.92. The molecule has 53 heavy (non-hydrogen) atoms. The Hall–Kier alpha value is -5.37. The zero-order chi connectivity index (χ0) is 38.9. The minimum Gasteiger partial charge on any atom is -0.480 e. The highest BCUT2D eigenvalue weighted by Gasteiger charge is 2.32. The number of aromatic amines is 1. The van der Waals surface area contributed by atoms with Gasteiger partial charge in [0, 0.05) is 37.3 Å². The lowest BCUT2D eigenvalue weighted by atomic mass is 9.80. The number of benzene rings is 2.